The molecule has 40 heavy (non-hydrogen) atoms. The van der Waals surface area contributed by atoms with Crippen LogP contribution >= 0.6 is 0 Å². The Labute approximate surface area is 235 Å². The lowest BCUT2D eigenvalue weighted by Gasteiger charge is -2.36. The van der Waals surface area contributed by atoms with Gasteiger partial charge in [-0.2, -0.15) is 0 Å². The fraction of sp³-hybridized carbons (Fsp3) is 0.484. The van der Waals surface area contributed by atoms with Gasteiger partial charge in [0.1, 0.15) is 17.0 Å². The molecular formula is C31H38N2O7. The van der Waals surface area contributed by atoms with Crippen molar-refractivity contribution < 1.29 is 33.0 Å². The van der Waals surface area contributed by atoms with E-state index in [0.717, 1.165) is 46.7 Å². The van der Waals surface area contributed by atoms with Gasteiger partial charge in [0.15, 0.2) is 12.6 Å². The molecule has 5 rings (SSSR count). The largest absolute Gasteiger partial charge is 0.468 e. The van der Waals surface area contributed by atoms with E-state index in [1.165, 1.54) is 0 Å². The number of amides is 1. The third kappa shape index (κ3) is 6.49. The van der Waals surface area contributed by atoms with Gasteiger partial charge in [-0.05, 0) is 63.4 Å². The van der Waals surface area contributed by atoms with Crippen molar-refractivity contribution in [2.24, 2.45) is 0 Å². The Morgan fingerprint density at radius 3 is 2.50 bits per heavy atom. The molecule has 0 spiro atoms. The molecule has 1 saturated carbocycles. The molecule has 2 aliphatic rings. The van der Waals surface area contributed by atoms with Crippen molar-refractivity contribution in [3.05, 3.63) is 60.4 Å². The molecule has 214 valence electrons. The molecule has 1 atom stereocenters. The van der Waals surface area contributed by atoms with Crippen LogP contribution in [0.2, 0.25) is 0 Å². The van der Waals surface area contributed by atoms with E-state index in [-0.39, 0.29) is 24.3 Å². The highest BCUT2D eigenvalue weighted by Gasteiger charge is 2.50. The molecule has 9 nitrogen and oxygen atoms in total. The van der Waals surface area contributed by atoms with Crippen LogP contribution in [-0.2, 0) is 24.4 Å². The first-order valence-corrected chi connectivity index (χ1v) is 13.7. The van der Waals surface area contributed by atoms with Gasteiger partial charge >= 0.3 is 6.09 Å². The van der Waals surface area contributed by atoms with Crippen molar-refractivity contribution in [2.45, 2.75) is 50.7 Å². The van der Waals surface area contributed by atoms with Crippen molar-refractivity contribution >= 4 is 6.09 Å². The maximum absolute atomic E-state index is 12.8. The van der Waals surface area contributed by atoms with Crippen molar-refractivity contribution in [3.8, 4) is 28.1 Å². The molecule has 2 fully saturated rings. The molecule has 1 aliphatic heterocycles. The number of morpholine rings is 1. The monoisotopic (exact) mass is 550 g/mol. The molecule has 0 radical (unpaired) electrons. The highest BCUT2D eigenvalue weighted by Crippen LogP contribution is 2.53. The molecular weight excluding hydrogens is 512 g/mol. The standard InChI is InChI=1S/C31H38N2O7/c1-30(2,3)39-29(34)33-16-17-36-18-24(33)19-37-20-31(14-15-31)28-26(22-8-6-5-7-9-22)27(32-40-28)23-10-12-25(13-11-23)38-21-35-4/h5-13,24H,14-21H2,1-4H3. The van der Waals surface area contributed by atoms with Crippen LogP contribution in [0.4, 0.5) is 4.79 Å². The SMILES string of the molecule is COCOc1ccc(-c2noc(C3(COCC4COCCN4C(=O)OC(C)(C)C)CC3)c2-c2ccccc2)cc1. The summed E-state index contributed by atoms with van der Waals surface area (Å²) in [4.78, 5) is 14.5. The van der Waals surface area contributed by atoms with Gasteiger partial charge in [-0.15, -0.1) is 0 Å². The van der Waals surface area contributed by atoms with Crippen LogP contribution in [-0.4, -0.2) is 74.7 Å². The van der Waals surface area contributed by atoms with Crippen LogP contribution in [0.3, 0.4) is 0 Å². The van der Waals surface area contributed by atoms with E-state index in [2.05, 4.69) is 17.3 Å². The summed E-state index contributed by atoms with van der Waals surface area (Å²) in [7, 11) is 1.59. The Hall–Kier alpha value is -3.40. The third-order valence-electron chi connectivity index (χ3n) is 7.11. The smallest absolute Gasteiger partial charge is 0.410 e. The van der Waals surface area contributed by atoms with Crippen LogP contribution < -0.4 is 4.74 Å². The Balaban J connectivity index is 1.34. The minimum Gasteiger partial charge on any atom is -0.468 e. The van der Waals surface area contributed by atoms with Crippen LogP contribution in [0.5, 0.6) is 5.75 Å². The lowest BCUT2D eigenvalue weighted by molar-refractivity contribution is -0.0566. The summed E-state index contributed by atoms with van der Waals surface area (Å²) >= 11 is 0. The fourth-order valence-corrected chi connectivity index (χ4v) is 4.89. The molecule has 1 saturated heterocycles. The van der Waals surface area contributed by atoms with E-state index in [9.17, 15) is 4.79 Å². The zero-order valence-electron chi connectivity index (χ0n) is 23.7. The molecule has 9 heteroatoms. The lowest BCUT2D eigenvalue weighted by Crippen LogP contribution is -2.52. The number of methoxy groups -OCH3 is 1. The minimum absolute atomic E-state index is 0.188. The predicted octanol–water partition coefficient (Wildman–Crippen LogP) is 5.68. The molecule has 1 aliphatic carbocycles. The first-order valence-electron chi connectivity index (χ1n) is 13.7. The molecule has 1 unspecified atom stereocenters. The van der Waals surface area contributed by atoms with Crippen LogP contribution in [0.15, 0.2) is 59.1 Å². The van der Waals surface area contributed by atoms with Crippen molar-refractivity contribution in [3.63, 3.8) is 0 Å². The van der Waals surface area contributed by atoms with Crippen molar-refractivity contribution in [1.29, 1.82) is 0 Å². The Morgan fingerprint density at radius 1 is 1.07 bits per heavy atom. The van der Waals surface area contributed by atoms with Gasteiger partial charge in [0, 0.05) is 19.2 Å². The Morgan fingerprint density at radius 2 is 1.82 bits per heavy atom. The highest BCUT2D eigenvalue weighted by atomic mass is 16.7. The molecule has 3 aromatic rings. The zero-order chi connectivity index (χ0) is 28.2. The van der Waals surface area contributed by atoms with E-state index >= 15 is 0 Å². The number of ether oxygens (including phenoxy) is 5. The number of carbonyl (C=O) groups is 1. The van der Waals surface area contributed by atoms with E-state index in [1.807, 2.05) is 63.2 Å². The van der Waals surface area contributed by atoms with Crippen LogP contribution in [0.1, 0.15) is 39.4 Å². The third-order valence-corrected chi connectivity index (χ3v) is 7.11. The molecule has 0 N–H and O–H groups in total. The number of carbonyl (C=O) groups excluding carboxylic acids is 1. The quantitative estimate of drug-likeness (QED) is 0.298. The van der Waals surface area contributed by atoms with E-state index < -0.39 is 5.60 Å². The Kier molecular flexibility index (Phi) is 8.44. The maximum Gasteiger partial charge on any atom is 0.410 e. The van der Waals surface area contributed by atoms with Gasteiger partial charge in [-0.1, -0.05) is 35.5 Å². The van der Waals surface area contributed by atoms with E-state index in [4.69, 9.17) is 28.2 Å². The normalized spacial score (nSPS) is 18.4. The van der Waals surface area contributed by atoms with Gasteiger partial charge in [-0.3, -0.25) is 4.90 Å². The number of hydrogen-bond donors (Lipinski definition) is 0. The molecule has 1 aromatic heterocycles. The highest BCUT2D eigenvalue weighted by molar-refractivity contribution is 5.83. The number of benzene rings is 2. The molecule has 0 bridgehead atoms. The average molecular weight is 551 g/mol. The average Bonchev–Trinajstić information content (AvgIpc) is 3.59. The first-order chi connectivity index (χ1) is 19.3. The summed E-state index contributed by atoms with van der Waals surface area (Å²) in [6, 6.07) is 17.7. The first kappa shape index (κ1) is 28.1. The lowest BCUT2D eigenvalue weighted by atomic mass is 9.92. The second-order valence-corrected chi connectivity index (χ2v) is 11.4. The minimum atomic E-state index is -0.562. The van der Waals surface area contributed by atoms with Crippen molar-refractivity contribution in [2.75, 3.05) is 46.9 Å². The summed E-state index contributed by atoms with van der Waals surface area (Å²) < 4.78 is 34.2. The van der Waals surface area contributed by atoms with Crippen LogP contribution in [0, 0.1) is 0 Å². The second-order valence-electron chi connectivity index (χ2n) is 11.4. The summed E-state index contributed by atoms with van der Waals surface area (Å²) in [5.41, 5.74) is 2.89. The van der Waals surface area contributed by atoms with Gasteiger partial charge < -0.3 is 28.2 Å². The van der Waals surface area contributed by atoms with Gasteiger partial charge in [0.05, 0.1) is 43.4 Å². The summed E-state index contributed by atoms with van der Waals surface area (Å²) in [6.07, 6.45) is 1.53. The van der Waals surface area contributed by atoms with Gasteiger partial charge in [0.2, 0.25) is 0 Å². The van der Waals surface area contributed by atoms with Crippen LogP contribution in [0.25, 0.3) is 22.4 Å². The number of aromatic nitrogens is 1. The molecule has 2 aromatic carbocycles. The zero-order valence-corrected chi connectivity index (χ0v) is 23.7. The summed E-state index contributed by atoms with van der Waals surface area (Å²) in [5.74, 6) is 1.55. The predicted molar refractivity (Wildman–Crippen MR) is 149 cm³/mol. The molecule has 2 heterocycles. The van der Waals surface area contributed by atoms with E-state index in [0.29, 0.717) is 33.0 Å². The number of nitrogens with zero attached hydrogens (tertiary/aromatic N) is 2. The topological polar surface area (TPSA) is 92.5 Å². The molecule has 1 amide bonds. The maximum atomic E-state index is 12.8. The fourth-order valence-electron chi connectivity index (χ4n) is 4.89. The van der Waals surface area contributed by atoms with Crippen molar-refractivity contribution in [1.82, 2.24) is 10.1 Å². The summed E-state index contributed by atoms with van der Waals surface area (Å²) in [6.45, 7) is 7.99. The van der Waals surface area contributed by atoms with Gasteiger partial charge in [0.25, 0.3) is 0 Å². The summed E-state index contributed by atoms with van der Waals surface area (Å²) in [5, 5.41) is 4.54. The number of hydrogen-bond acceptors (Lipinski definition) is 8. The number of rotatable bonds is 10. The second kappa shape index (κ2) is 12.0. The van der Waals surface area contributed by atoms with E-state index in [1.54, 1.807) is 12.0 Å². The Bertz CT molecular complexity index is 1260. The van der Waals surface area contributed by atoms with Gasteiger partial charge in [-0.25, -0.2) is 4.79 Å².